The van der Waals surface area contributed by atoms with Gasteiger partial charge in [-0.2, -0.15) is 0 Å². The van der Waals surface area contributed by atoms with Crippen LogP contribution in [-0.2, 0) is 0 Å². The van der Waals surface area contributed by atoms with Crippen LogP contribution >= 0.6 is 24.0 Å². The van der Waals surface area contributed by atoms with Crippen LogP contribution in [0.15, 0.2) is 65.7 Å². The smallest absolute Gasteiger partial charge is 0.251 e. The largest absolute Gasteiger partial charge is 0.352 e. The topological polar surface area (TPSA) is 56.7 Å². The van der Waals surface area contributed by atoms with Gasteiger partial charge in [0.1, 0.15) is 0 Å². The molecule has 1 aliphatic heterocycles. The molecule has 0 atom stereocenters. The number of rotatable bonds is 6. The molecular weight excluding hydrogens is 463 g/mol. The zero-order chi connectivity index (χ0) is 18.7. The van der Waals surface area contributed by atoms with Crippen LogP contribution in [-0.4, -0.2) is 42.9 Å². The average molecular weight is 492 g/mol. The highest BCUT2D eigenvalue weighted by molar-refractivity contribution is 14.0. The normalized spacial score (nSPS) is 14.1. The number of amides is 1. The third kappa shape index (κ3) is 7.14. The van der Waals surface area contributed by atoms with E-state index >= 15 is 0 Å². The molecule has 2 aromatic carbocycles. The monoisotopic (exact) mass is 492 g/mol. The van der Waals surface area contributed by atoms with Gasteiger partial charge in [-0.15, -0.1) is 24.0 Å². The molecule has 0 saturated carbocycles. The summed E-state index contributed by atoms with van der Waals surface area (Å²) in [6.45, 7) is 3.39. The molecule has 28 heavy (non-hydrogen) atoms. The molecule has 1 fully saturated rings. The van der Waals surface area contributed by atoms with Gasteiger partial charge < -0.3 is 15.5 Å². The maximum absolute atomic E-state index is 12.1. The summed E-state index contributed by atoms with van der Waals surface area (Å²) >= 11 is 0. The molecular formula is C22H29IN4O. The number of piperidine rings is 1. The molecule has 0 aliphatic carbocycles. The first-order chi connectivity index (χ1) is 13.3. The molecule has 2 N–H and O–H groups in total. The number of aliphatic imine (C=N–C) groups is 1. The molecule has 1 heterocycles. The van der Waals surface area contributed by atoms with Gasteiger partial charge in [0.05, 0.1) is 0 Å². The highest BCUT2D eigenvalue weighted by Crippen LogP contribution is 2.12. The third-order valence-corrected chi connectivity index (χ3v) is 4.60. The lowest BCUT2D eigenvalue weighted by molar-refractivity contribution is 0.0953. The molecule has 1 amide bonds. The number of carbonyl (C=O) groups excluding carboxylic acids is 1. The lowest BCUT2D eigenvalue weighted by Crippen LogP contribution is -2.40. The van der Waals surface area contributed by atoms with Crippen LogP contribution in [0.3, 0.4) is 0 Å². The quantitative estimate of drug-likeness (QED) is 0.273. The zero-order valence-electron chi connectivity index (χ0n) is 16.1. The Kier molecular flexibility index (Phi) is 9.82. The molecule has 0 unspecified atom stereocenters. The summed E-state index contributed by atoms with van der Waals surface area (Å²) in [6.07, 6.45) is 4.53. The molecule has 0 bridgehead atoms. The van der Waals surface area contributed by atoms with Crippen LogP contribution in [0, 0.1) is 0 Å². The third-order valence-electron chi connectivity index (χ3n) is 4.60. The van der Waals surface area contributed by atoms with Crippen molar-refractivity contribution in [2.75, 3.05) is 31.5 Å². The second-order valence-electron chi connectivity index (χ2n) is 6.72. The Balaban J connectivity index is 0.00000280. The lowest BCUT2D eigenvalue weighted by Gasteiger charge is -2.30. The van der Waals surface area contributed by atoms with E-state index < -0.39 is 0 Å². The van der Waals surface area contributed by atoms with E-state index in [0.29, 0.717) is 18.7 Å². The van der Waals surface area contributed by atoms with Crippen molar-refractivity contribution in [2.45, 2.75) is 25.7 Å². The number of hydrogen-bond acceptors (Lipinski definition) is 2. The van der Waals surface area contributed by atoms with Crippen molar-refractivity contribution in [3.05, 3.63) is 66.2 Å². The molecule has 2 aromatic rings. The Morgan fingerprint density at radius 1 is 0.929 bits per heavy atom. The van der Waals surface area contributed by atoms with Crippen LogP contribution in [0.5, 0.6) is 0 Å². The molecule has 6 heteroatoms. The van der Waals surface area contributed by atoms with Gasteiger partial charge in [-0.05, 0) is 49.9 Å². The van der Waals surface area contributed by atoms with Crippen molar-refractivity contribution in [3.63, 3.8) is 0 Å². The van der Waals surface area contributed by atoms with Crippen molar-refractivity contribution in [1.29, 1.82) is 0 Å². The number of hydrogen-bond donors (Lipinski definition) is 2. The van der Waals surface area contributed by atoms with Gasteiger partial charge in [0, 0.05) is 37.4 Å². The van der Waals surface area contributed by atoms with E-state index in [1.54, 1.807) is 0 Å². The van der Waals surface area contributed by atoms with Crippen molar-refractivity contribution >= 4 is 41.5 Å². The van der Waals surface area contributed by atoms with E-state index in [1.807, 2.05) is 48.5 Å². The van der Waals surface area contributed by atoms with Gasteiger partial charge in [0.25, 0.3) is 5.91 Å². The number of halogens is 1. The molecule has 1 aliphatic rings. The Labute approximate surface area is 184 Å². The van der Waals surface area contributed by atoms with Crippen molar-refractivity contribution in [1.82, 2.24) is 10.2 Å². The number of nitrogens with one attached hydrogen (secondary N) is 2. The molecule has 0 aromatic heterocycles. The summed E-state index contributed by atoms with van der Waals surface area (Å²) in [7, 11) is 0. The number of anilines is 1. The number of nitrogens with zero attached hydrogens (tertiary/aromatic N) is 2. The maximum atomic E-state index is 12.1. The van der Waals surface area contributed by atoms with E-state index in [1.165, 1.54) is 19.3 Å². The van der Waals surface area contributed by atoms with E-state index in [4.69, 9.17) is 4.99 Å². The van der Waals surface area contributed by atoms with E-state index in [0.717, 1.165) is 31.2 Å². The van der Waals surface area contributed by atoms with Crippen LogP contribution in [0.4, 0.5) is 5.69 Å². The van der Waals surface area contributed by atoms with Crippen LogP contribution in [0.2, 0.25) is 0 Å². The Morgan fingerprint density at radius 3 is 2.25 bits per heavy atom. The summed E-state index contributed by atoms with van der Waals surface area (Å²) in [5.74, 6) is 0.911. The number of benzene rings is 2. The number of para-hydroxylation sites is 1. The fraction of sp³-hybridized carbons (Fsp3) is 0.364. The molecule has 150 valence electrons. The summed E-state index contributed by atoms with van der Waals surface area (Å²) in [6, 6.07) is 19.5. The minimum atomic E-state index is -0.0294. The number of likely N-dealkylation sites (tertiary alicyclic amines) is 1. The van der Waals surface area contributed by atoms with E-state index in [9.17, 15) is 4.79 Å². The number of carbonyl (C=O) groups is 1. The summed E-state index contributed by atoms with van der Waals surface area (Å²) in [4.78, 5) is 19.2. The average Bonchev–Trinajstić information content (AvgIpc) is 2.74. The lowest BCUT2D eigenvalue weighted by atomic mass is 10.1. The van der Waals surface area contributed by atoms with Crippen LogP contribution in [0.1, 0.15) is 36.0 Å². The highest BCUT2D eigenvalue weighted by Gasteiger charge is 2.14. The molecule has 3 rings (SSSR count). The van der Waals surface area contributed by atoms with Gasteiger partial charge in [-0.1, -0.05) is 36.4 Å². The van der Waals surface area contributed by atoms with Crippen molar-refractivity contribution in [3.8, 4) is 0 Å². The predicted molar refractivity (Wildman–Crippen MR) is 127 cm³/mol. The van der Waals surface area contributed by atoms with Gasteiger partial charge in [0.15, 0.2) is 5.96 Å². The highest BCUT2D eigenvalue weighted by atomic mass is 127. The zero-order valence-corrected chi connectivity index (χ0v) is 18.5. The Hall–Kier alpha value is -2.09. The molecule has 0 spiro atoms. The predicted octanol–water partition coefficient (Wildman–Crippen LogP) is 4.38. The SMILES string of the molecule is I.O=C(NCCCN=C(Nc1ccccc1)N1CCCCC1)c1ccccc1. The Morgan fingerprint density at radius 2 is 1.57 bits per heavy atom. The fourth-order valence-electron chi connectivity index (χ4n) is 3.13. The molecule has 1 saturated heterocycles. The van der Waals surface area contributed by atoms with E-state index in [2.05, 4.69) is 27.7 Å². The van der Waals surface area contributed by atoms with Crippen molar-refractivity contribution in [2.24, 2.45) is 4.99 Å². The second kappa shape index (κ2) is 12.4. The van der Waals surface area contributed by atoms with Gasteiger partial charge in [-0.25, -0.2) is 0 Å². The minimum Gasteiger partial charge on any atom is -0.352 e. The first kappa shape index (κ1) is 22.2. The first-order valence-corrected chi connectivity index (χ1v) is 9.77. The van der Waals surface area contributed by atoms with Gasteiger partial charge in [0.2, 0.25) is 0 Å². The summed E-state index contributed by atoms with van der Waals surface area (Å²) < 4.78 is 0. The van der Waals surface area contributed by atoms with Gasteiger partial charge in [-0.3, -0.25) is 9.79 Å². The summed E-state index contributed by atoms with van der Waals surface area (Å²) in [5, 5.41) is 6.42. The van der Waals surface area contributed by atoms with E-state index in [-0.39, 0.29) is 29.9 Å². The maximum Gasteiger partial charge on any atom is 0.251 e. The summed E-state index contributed by atoms with van der Waals surface area (Å²) in [5.41, 5.74) is 1.75. The first-order valence-electron chi connectivity index (χ1n) is 9.77. The standard InChI is InChI=1S/C22H28N4O.HI/c27-21(19-11-4-1-5-12-19)23-15-10-16-24-22(26-17-8-3-9-18-26)25-20-13-6-2-7-14-20;/h1-2,4-7,11-14H,3,8-10,15-18H2,(H,23,27)(H,24,25);1H. The molecule has 0 radical (unpaired) electrons. The Bertz CT molecular complexity index is 731. The second-order valence-corrected chi connectivity index (χ2v) is 6.72. The number of guanidine groups is 1. The van der Waals surface area contributed by atoms with Crippen molar-refractivity contribution < 1.29 is 4.79 Å². The fourth-order valence-corrected chi connectivity index (χ4v) is 3.13. The van der Waals surface area contributed by atoms with Crippen LogP contribution < -0.4 is 10.6 Å². The van der Waals surface area contributed by atoms with Gasteiger partial charge >= 0.3 is 0 Å². The van der Waals surface area contributed by atoms with Crippen LogP contribution in [0.25, 0.3) is 0 Å². The molecule has 5 nitrogen and oxygen atoms in total. The minimum absolute atomic E-state index is 0.